The third kappa shape index (κ3) is 4.07. The van der Waals surface area contributed by atoms with Gasteiger partial charge < -0.3 is 14.7 Å². The number of aliphatic hydroxyl groups excluding tert-OH is 1. The van der Waals surface area contributed by atoms with Gasteiger partial charge in [-0.05, 0) is 32.7 Å². The molecule has 13 heavy (non-hydrogen) atoms. The van der Waals surface area contributed by atoms with Crippen molar-refractivity contribution >= 4 is 0 Å². The van der Waals surface area contributed by atoms with E-state index in [2.05, 4.69) is 4.90 Å². The molecule has 3 heteroatoms. The number of likely N-dealkylation sites (tertiary alicyclic amines) is 1. The highest BCUT2D eigenvalue weighted by Gasteiger charge is 2.21. The Labute approximate surface area is 80.7 Å². The molecule has 0 radical (unpaired) electrons. The normalized spacial score (nSPS) is 26.5. The third-order valence-corrected chi connectivity index (χ3v) is 2.66. The number of rotatable bonds is 5. The maximum atomic E-state index is 9.08. The minimum atomic E-state index is -0.152. The van der Waals surface area contributed by atoms with Crippen molar-refractivity contribution in [1.82, 2.24) is 4.90 Å². The number of ether oxygens (including phenoxy) is 1. The molecule has 2 atom stereocenters. The summed E-state index contributed by atoms with van der Waals surface area (Å²) in [5.41, 5.74) is 0. The Morgan fingerprint density at radius 3 is 2.92 bits per heavy atom. The second kappa shape index (κ2) is 5.58. The first kappa shape index (κ1) is 11.0. The van der Waals surface area contributed by atoms with Crippen molar-refractivity contribution < 1.29 is 9.84 Å². The Hall–Kier alpha value is -0.120. The van der Waals surface area contributed by atoms with E-state index in [4.69, 9.17) is 9.84 Å². The molecule has 0 bridgehead atoms. The van der Waals surface area contributed by atoms with Gasteiger partial charge in [0, 0.05) is 20.2 Å². The van der Waals surface area contributed by atoms with Crippen LogP contribution in [0.25, 0.3) is 0 Å². The zero-order chi connectivity index (χ0) is 9.68. The van der Waals surface area contributed by atoms with Crippen LogP contribution in [0.4, 0.5) is 0 Å². The number of methoxy groups -OCH3 is 1. The summed E-state index contributed by atoms with van der Waals surface area (Å²) in [5.74, 6) is 0. The maximum Gasteiger partial charge on any atom is 0.0710 e. The number of hydrogen-bond acceptors (Lipinski definition) is 3. The molecule has 1 heterocycles. The molecule has 2 unspecified atom stereocenters. The van der Waals surface area contributed by atoms with E-state index in [-0.39, 0.29) is 6.10 Å². The fourth-order valence-electron chi connectivity index (χ4n) is 1.80. The van der Waals surface area contributed by atoms with Crippen LogP contribution in [0.2, 0.25) is 0 Å². The first-order valence-corrected chi connectivity index (χ1v) is 5.15. The molecule has 0 aromatic heterocycles. The van der Waals surface area contributed by atoms with E-state index >= 15 is 0 Å². The molecule has 1 N–H and O–H groups in total. The van der Waals surface area contributed by atoms with E-state index < -0.39 is 0 Å². The molecule has 0 aliphatic carbocycles. The molecule has 1 aliphatic heterocycles. The summed E-state index contributed by atoms with van der Waals surface area (Å²) in [4.78, 5) is 2.41. The zero-order valence-electron chi connectivity index (χ0n) is 8.70. The first-order valence-electron chi connectivity index (χ1n) is 5.15. The van der Waals surface area contributed by atoms with Gasteiger partial charge >= 0.3 is 0 Å². The van der Waals surface area contributed by atoms with Crippen LogP contribution in [0.15, 0.2) is 0 Å². The predicted octanol–water partition coefficient (Wildman–Crippen LogP) is 0.868. The quantitative estimate of drug-likeness (QED) is 0.693. The Balaban J connectivity index is 2.03. The minimum absolute atomic E-state index is 0.152. The van der Waals surface area contributed by atoms with Gasteiger partial charge in [0.05, 0.1) is 12.2 Å². The molecule has 0 saturated carbocycles. The molecule has 1 fully saturated rings. The number of aliphatic hydroxyl groups is 1. The van der Waals surface area contributed by atoms with Crippen LogP contribution in [0.3, 0.4) is 0 Å². The van der Waals surface area contributed by atoms with E-state index in [1.807, 2.05) is 6.92 Å². The lowest BCUT2D eigenvalue weighted by atomic mass is 10.2. The van der Waals surface area contributed by atoms with Crippen LogP contribution >= 0.6 is 0 Å². The molecular weight excluding hydrogens is 166 g/mol. The minimum Gasteiger partial charge on any atom is -0.393 e. The van der Waals surface area contributed by atoms with Gasteiger partial charge in [0.2, 0.25) is 0 Å². The second-order valence-corrected chi connectivity index (χ2v) is 3.94. The van der Waals surface area contributed by atoms with Crippen molar-refractivity contribution in [3.8, 4) is 0 Å². The highest BCUT2D eigenvalue weighted by atomic mass is 16.5. The smallest absolute Gasteiger partial charge is 0.0710 e. The maximum absolute atomic E-state index is 9.08. The average molecular weight is 187 g/mol. The largest absolute Gasteiger partial charge is 0.393 e. The Morgan fingerprint density at radius 1 is 1.62 bits per heavy atom. The summed E-state index contributed by atoms with van der Waals surface area (Å²) in [6.45, 7) is 5.17. The number of nitrogens with zero attached hydrogens (tertiary/aromatic N) is 1. The lowest BCUT2D eigenvalue weighted by Crippen LogP contribution is -2.24. The van der Waals surface area contributed by atoms with E-state index in [0.717, 1.165) is 38.9 Å². The highest BCUT2D eigenvalue weighted by Crippen LogP contribution is 2.12. The topological polar surface area (TPSA) is 32.7 Å². The van der Waals surface area contributed by atoms with Crippen LogP contribution in [-0.4, -0.2) is 49.0 Å². The van der Waals surface area contributed by atoms with Gasteiger partial charge in [-0.2, -0.15) is 0 Å². The van der Waals surface area contributed by atoms with Crippen LogP contribution in [-0.2, 0) is 4.74 Å². The van der Waals surface area contributed by atoms with Crippen LogP contribution in [0, 0.1) is 0 Å². The fourth-order valence-corrected chi connectivity index (χ4v) is 1.80. The summed E-state index contributed by atoms with van der Waals surface area (Å²) < 4.78 is 5.28. The van der Waals surface area contributed by atoms with Gasteiger partial charge in [-0.15, -0.1) is 0 Å². The molecule has 0 aromatic carbocycles. The van der Waals surface area contributed by atoms with E-state index in [0.29, 0.717) is 6.10 Å². The van der Waals surface area contributed by atoms with Crippen molar-refractivity contribution in [2.45, 2.75) is 38.4 Å². The Morgan fingerprint density at radius 2 is 2.38 bits per heavy atom. The Kier molecular flexibility index (Phi) is 4.70. The molecule has 3 nitrogen and oxygen atoms in total. The molecule has 0 amide bonds. The van der Waals surface area contributed by atoms with Gasteiger partial charge in [0.1, 0.15) is 0 Å². The van der Waals surface area contributed by atoms with Gasteiger partial charge in [-0.3, -0.25) is 0 Å². The molecule has 0 aromatic rings. The average Bonchev–Trinajstić information content (AvgIpc) is 2.52. The van der Waals surface area contributed by atoms with Gasteiger partial charge in [0.15, 0.2) is 0 Å². The van der Waals surface area contributed by atoms with E-state index in [1.54, 1.807) is 7.11 Å². The van der Waals surface area contributed by atoms with Crippen molar-refractivity contribution in [3.05, 3.63) is 0 Å². The molecule has 1 rings (SSSR count). The summed E-state index contributed by atoms with van der Waals surface area (Å²) in [7, 11) is 1.78. The molecule has 1 aliphatic rings. The van der Waals surface area contributed by atoms with Crippen molar-refractivity contribution in [2.75, 3.05) is 26.7 Å². The third-order valence-electron chi connectivity index (χ3n) is 2.66. The van der Waals surface area contributed by atoms with Gasteiger partial charge in [-0.1, -0.05) is 0 Å². The Bertz CT molecular complexity index is 139. The van der Waals surface area contributed by atoms with Crippen molar-refractivity contribution in [3.63, 3.8) is 0 Å². The standard InChI is InChI=1S/C10H21NO2/c1-9(12)4-3-6-11-7-5-10(8-11)13-2/h9-10,12H,3-8H2,1-2H3. The molecule has 1 saturated heterocycles. The summed E-state index contributed by atoms with van der Waals surface area (Å²) in [6, 6.07) is 0. The molecule has 0 spiro atoms. The lowest BCUT2D eigenvalue weighted by Gasteiger charge is -2.15. The number of hydrogen-bond donors (Lipinski definition) is 1. The van der Waals surface area contributed by atoms with Crippen molar-refractivity contribution in [2.24, 2.45) is 0 Å². The van der Waals surface area contributed by atoms with Crippen molar-refractivity contribution in [1.29, 1.82) is 0 Å². The zero-order valence-corrected chi connectivity index (χ0v) is 8.70. The van der Waals surface area contributed by atoms with E-state index in [1.165, 1.54) is 0 Å². The summed E-state index contributed by atoms with van der Waals surface area (Å²) in [5, 5.41) is 9.08. The van der Waals surface area contributed by atoms with Crippen LogP contribution < -0.4 is 0 Å². The second-order valence-electron chi connectivity index (χ2n) is 3.94. The van der Waals surface area contributed by atoms with Gasteiger partial charge in [0.25, 0.3) is 0 Å². The fraction of sp³-hybridized carbons (Fsp3) is 1.00. The SMILES string of the molecule is COC1CCN(CCCC(C)O)C1. The molecule has 78 valence electrons. The van der Waals surface area contributed by atoms with Crippen LogP contribution in [0.5, 0.6) is 0 Å². The lowest BCUT2D eigenvalue weighted by molar-refractivity contribution is 0.107. The monoisotopic (exact) mass is 187 g/mol. The van der Waals surface area contributed by atoms with Crippen LogP contribution in [0.1, 0.15) is 26.2 Å². The summed E-state index contributed by atoms with van der Waals surface area (Å²) >= 11 is 0. The van der Waals surface area contributed by atoms with Gasteiger partial charge in [-0.25, -0.2) is 0 Å². The first-order chi connectivity index (χ1) is 6.22. The predicted molar refractivity (Wildman–Crippen MR) is 52.8 cm³/mol. The summed E-state index contributed by atoms with van der Waals surface area (Å²) in [6.07, 6.45) is 3.44. The van der Waals surface area contributed by atoms with E-state index in [9.17, 15) is 0 Å². The highest BCUT2D eigenvalue weighted by molar-refractivity contribution is 4.75. The molecular formula is C10H21NO2.